The number of nitrogens with two attached hydrogens (primary N) is 1. The van der Waals surface area contributed by atoms with Crippen molar-refractivity contribution in [3.8, 4) is 0 Å². The SMILES string of the molecule is CCc1nc([NH2+]CCO)c2oc3ccccc3c2n1.[Cl-]. The molecule has 0 unspecified atom stereocenters. The first-order chi connectivity index (χ1) is 9.33. The molecule has 0 saturated heterocycles. The molecule has 5 nitrogen and oxygen atoms in total. The topological polar surface area (TPSA) is 75.8 Å². The highest BCUT2D eigenvalue weighted by Gasteiger charge is 2.17. The van der Waals surface area contributed by atoms with Gasteiger partial charge in [-0.05, 0) is 12.1 Å². The quantitative estimate of drug-likeness (QED) is 0.591. The molecular weight excluding hydrogens is 278 g/mol. The van der Waals surface area contributed by atoms with Crippen molar-refractivity contribution in [2.75, 3.05) is 13.2 Å². The number of halogens is 1. The van der Waals surface area contributed by atoms with E-state index in [1.54, 1.807) is 0 Å². The minimum atomic E-state index is 0. The van der Waals surface area contributed by atoms with E-state index in [1.165, 1.54) is 0 Å². The van der Waals surface area contributed by atoms with Gasteiger partial charge in [-0.1, -0.05) is 19.1 Å². The second kappa shape index (κ2) is 6.17. The molecule has 0 saturated carbocycles. The molecule has 3 aromatic rings. The van der Waals surface area contributed by atoms with Crippen molar-refractivity contribution >= 4 is 27.9 Å². The lowest BCUT2D eigenvalue weighted by atomic mass is 10.2. The number of aliphatic hydroxyl groups is 1. The summed E-state index contributed by atoms with van der Waals surface area (Å²) in [6, 6.07) is 7.85. The molecule has 0 aliphatic heterocycles. The predicted molar refractivity (Wildman–Crippen MR) is 72.2 cm³/mol. The van der Waals surface area contributed by atoms with Gasteiger partial charge in [-0.3, -0.25) is 5.32 Å². The highest BCUT2D eigenvalue weighted by molar-refractivity contribution is 6.04. The lowest BCUT2D eigenvalue weighted by Gasteiger charge is -2.01. The summed E-state index contributed by atoms with van der Waals surface area (Å²) in [4.78, 5) is 9.04. The fourth-order valence-corrected chi connectivity index (χ4v) is 2.16. The molecule has 0 fully saturated rings. The van der Waals surface area contributed by atoms with Gasteiger partial charge in [0.15, 0.2) is 0 Å². The van der Waals surface area contributed by atoms with E-state index in [0.29, 0.717) is 12.1 Å². The van der Waals surface area contributed by atoms with E-state index in [9.17, 15) is 0 Å². The van der Waals surface area contributed by atoms with Crippen LogP contribution in [0.4, 0.5) is 5.82 Å². The lowest BCUT2D eigenvalue weighted by Crippen LogP contribution is -3.00. The van der Waals surface area contributed by atoms with E-state index in [-0.39, 0.29) is 19.0 Å². The van der Waals surface area contributed by atoms with E-state index in [2.05, 4.69) is 9.97 Å². The van der Waals surface area contributed by atoms with Gasteiger partial charge in [0.05, 0.1) is 6.61 Å². The van der Waals surface area contributed by atoms with Gasteiger partial charge in [0.1, 0.15) is 23.5 Å². The summed E-state index contributed by atoms with van der Waals surface area (Å²) in [7, 11) is 0. The number of aromatic nitrogens is 2. The first kappa shape index (κ1) is 14.7. The molecule has 6 heteroatoms. The molecule has 3 N–H and O–H groups in total. The number of hydrogen-bond acceptors (Lipinski definition) is 4. The third kappa shape index (κ3) is 2.47. The minimum Gasteiger partial charge on any atom is -1.00 e. The second-order valence-electron chi connectivity index (χ2n) is 4.37. The van der Waals surface area contributed by atoms with Gasteiger partial charge in [-0.15, -0.1) is 0 Å². The normalized spacial score (nSPS) is 10.9. The summed E-state index contributed by atoms with van der Waals surface area (Å²) in [5.41, 5.74) is 2.37. The Morgan fingerprint density at radius 2 is 2.05 bits per heavy atom. The molecule has 2 heterocycles. The number of quaternary nitrogens is 1. The fourth-order valence-electron chi connectivity index (χ4n) is 2.16. The summed E-state index contributed by atoms with van der Waals surface area (Å²) in [6.45, 7) is 2.69. The van der Waals surface area contributed by atoms with Gasteiger partial charge in [0.25, 0.3) is 5.82 Å². The van der Waals surface area contributed by atoms with Crippen molar-refractivity contribution in [2.24, 2.45) is 0 Å². The van der Waals surface area contributed by atoms with Crippen molar-refractivity contribution in [3.05, 3.63) is 30.1 Å². The minimum absolute atomic E-state index is 0. The molecule has 20 heavy (non-hydrogen) atoms. The molecule has 0 amide bonds. The summed E-state index contributed by atoms with van der Waals surface area (Å²) in [5, 5.41) is 11.9. The van der Waals surface area contributed by atoms with Gasteiger partial charge in [0, 0.05) is 11.8 Å². The second-order valence-corrected chi connectivity index (χ2v) is 4.37. The maximum atomic E-state index is 8.96. The molecule has 0 bridgehead atoms. The molecule has 3 rings (SSSR count). The first-order valence-electron chi connectivity index (χ1n) is 6.45. The van der Waals surface area contributed by atoms with E-state index in [0.717, 1.165) is 34.5 Å². The molecule has 0 aliphatic rings. The number of rotatable bonds is 4. The fraction of sp³-hybridized carbons (Fsp3) is 0.286. The summed E-state index contributed by atoms with van der Waals surface area (Å²) in [5.74, 6) is 1.57. The van der Waals surface area contributed by atoms with Crippen LogP contribution in [0.15, 0.2) is 28.7 Å². The van der Waals surface area contributed by atoms with Crippen LogP contribution in [-0.2, 0) is 6.42 Å². The van der Waals surface area contributed by atoms with E-state index < -0.39 is 0 Å². The summed E-state index contributed by atoms with van der Waals surface area (Å²) >= 11 is 0. The monoisotopic (exact) mass is 293 g/mol. The standard InChI is InChI=1S/C14H15N3O2.ClH/c1-2-11-16-12-9-5-3-4-6-10(9)19-13(12)14(17-11)15-7-8-18;/h3-6,18H,2,7-8H2,1H3,(H,15,16,17);1H. The van der Waals surface area contributed by atoms with Gasteiger partial charge < -0.3 is 21.9 Å². The van der Waals surface area contributed by atoms with E-state index >= 15 is 0 Å². The zero-order valence-electron chi connectivity index (χ0n) is 11.1. The molecule has 0 aliphatic carbocycles. The Morgan fingerprint density at radius 1 is 1.25 bits per heavy atom. The van der Waals surface area contributed by atoms with Crippen LogP contribution in [0.5, 0.6) is 0 Å². The van der Waals surface area contributed by atoms with E-state index in [4.69, 9.17) is 9.52 Å². The number of para-hydroxylation sites is 1. The smallest absolute Gasteiger partial charge is 0.272 e. The van der Waals surface area contributed by atoms with Crippen molar-refractivity contribution < 1.29 is 27.2 Å². The van der Waals surface area contributed by atoms with Gasteiger partial charge in [-0.25, -0.2) is 4.98 Å². The molecule has 2 aromatic heterocycles. The number of aliphatic hydroxyl groups excluding tert-OH is 1. The summed E-state index contributed by atoms with van der Waals surface area (Å²) in [6.07, 6.45) is 0.773. The highest BCUT2D eigenvalue weighted by atomic mass is 35.5. The van der Waals surface area contributed by atoms with Gasteiger partial charge in [0.2, 0.25) is 5.58 Å². The number of aryl methyl sites for hydroxylation is 1. The van der Waals surface area contributed by atoms with Crippen molar-refractivity contribution in [1.29, 1.82) is 0 Å². The average Bonchev–Trinajstić information content (AvgIpc) is 2.83. The largest absolute Gasteiger partial charge is 1.00 e. The first-order valence-corrected chi connectivity index (χ1v) is 6.45. The molecule has 0 radical (unpaired) electrons. The third-order valence-electron chi connectivity index (χ3n) is 3.08. The van der Waals surface area contributed by atoms with Crippen LogP contribution >= 0.6 is 0 Å². The van der Waals surface area contributed by atoms with Crippen LogP contribution in [-0.4, -0.2) is 28.2 Å². The number of fused-ring (bicyclic) bond motifs is 3. The van der Waals surface area contributed by atoms with Crippen LogP contribution in [0.3, 0.4) is 0 Å². The Kier molecular flexibility index (Phi) is 4.54. The maximum Gasteiger partial charge on any atom is 0.272 e. The van der Waals surface area contributed by atoms with E-state index in [1.807, 2.05) is 36.5 Å². The number of hydrogen-bond donors (Lipinski definition) is 2. The average molecular weight is 294 g/mol. The predicted octanol–water partition coefficient (Wildman–Crippen LogP) is -1.87. The number of nitrogens with zero attached hydrogens (tertiary/aromatic N) is 2. The molecule has 1 aromatic carbocycles. The number of furan rings is 1. The third-order valence-corrected chi connectivity index (χ3v) is 3.08. The molecular formula is C14H16ClN3O2. The van der Waals surface area contributed by atoms with Gasteiger partial charge in [-0.2, -0.15) is 4.98 Å². The lowest BCUT2D eigenvalue weighted by molar-refractivity contribution is -0.575. The molecule has 0 spiro atoms. The molecule has 106 valence electrons. The highest BCUT2D eigenvalue weighted by Crippen LogP contribution is 2.29. The Hall–Kier alpha value is -1.69. The van der Waals surface area contributed by atoms with Crippen LogP contribution in [0, 0.1) is 0 Å². The van der Waals surface area contributed by atoms with Gasteiger partial charge >= 0.3 is 0 Å². The summed E-state index contributed by atoms with van der Waals surface area (Å²) < 4.78 is 5.84. The Bertz CT molecular complexity index is 727. The van der Waals surface area contributed by atoms with Crippen molar-refractivity contribution in [2.45, 2.75) is 13.3 Å². The Labute approximate surface area is 122 Å². The van der Waals surface area contributed by atoms with Crippen LogP contribution in [0.25, 0.3) is 22.1 Å². The van der Waals surface area contributed by atoms with Crippen molar-refractivity contribution in [3.63, 3.8) is 0 Å². The van der Waals surface area contributed by atoms with Crippen molar-refractivity contribution in [1.82, 2.24) is 9.97 Å². The van der Waals surface area contributed by atoms with Crippen LogP contribution in [0.2, 0.25) is 0 Å². The molecule has 0 atom stereocenters. The Morgan fingerprint density at radius 3 is 2.80 bits per heavy atom. The number of benzene rings is 1. The zero-order chi connectivity index (χ0) is 13.2. The Balaban J connectivity index is 0.00000147. The van der Waals surface area contributed by atoms with Crippen LogP contribution in [0.1, 0.15) is 12.7 Å². The maximum absolute atomic E-state index is 8.96. The zero-order valence-corrected chi connectivity index (χ0v) is 11.9. The van der Waals surface area contributed by atoms with Crippen LogP contribution < -0.4 is 17.7 Å².